The van der Waals surface area contributed by atoms with Gasteiger partial charge in [-0.1, -0.05) is 20.8 Å². The van der Waals surface area contributed by atoms with Crippen molar-refractivity contribution in [2.24, 2.45) is 0 Å². The molecule has 0 fully saturated rings. The van der Waals surface area contributed by atoms with Gasteiger partial charge in [-0.3, -0.25) is 0 Å². The van der Waals surface area contributed by atoms with Crippen molar-refractivity contribution in [1.29, 1.82) is 0 Å². The Balaban J connectivity index is 2.94. The van der Waals surface area contributed by atoms with Crippen LogP contribution in [0, 0.1) is 5.82 Å². The van der Waals surface area contributed by atoms with E-state index in [-0.39, 0.29) is 10.6 Å². The summed E-state index contributed by atoms with van der Waals surface area (Å²) in [6, 6.07) is 4.46. The van der Waals surface area contributed by atoms with Crippen LogP contribution in [-0.2, 0) is 0 Å². The van der Waals surface area contributed by atoms with Gasteiger partial charge in [0.1, 0.15) is 5.82 Å². The molecule has 1 aromatic carbocycles. The summed E-state index contributed by atoms with van der Waals surface area (Å²) < 4.78 is 12.9. The molecule has 0 saturated heterocycles. The molecule has 0 amide bonds. The highest BCUT2D eigenvalue weighted by atomic mass is 32.2. The molecule has 1 rings (SSSR count). The molecular formula is C10H14FNS. The summed E-state index contributed by atoms with van der Waals surface area (Å²) >= 11 is 1.58. The van der Waals surface area contributed by atoms with Crippen LogP contribution in [-0.4, -0.2) is 4.75 Å². The van der Waals surface area contributed by atoms with Crippen LogP contribution in [0.3, 0.4) is 0 Å². The first-order valence-electron chi connectivity index (χ1n) is 4.12. The second kappa shape index (κ2) is 3.58. The molecule has 0 aliphatic carbocycles. The SMILES string of the molecule is CC(C)(C)Sc1cc(F)ccc1N. The summed E-state index contributed by atoms with van der Waals surface area (Å²) in [5.41, 5.74) is 6.35. The maximum Gasteiger partial charge on any atom is 0.124 e. The maximum atomic E-state index is 12.9. The van der Waals surface area contributed by atoms with E-state index in [2.05, 4.69) is 20.8 Å². The predicted molar refractivity (Wildman–Crippen MR) is 56.4 cm³/mol. The lowest BCUT2D eigenvalue weighted by molar-refractivity contribution is 0.624. The number of benzene rings is 1. The molecular weight excluding hydrogens is 185 g/mol. The Bertz CT molecular complexity index is 304. The number of rotatable bonds is 1. The summed E-state index contributed by atoms with van der Waals surface area (Å²) in [5, 5.41) is 0. The molecule has 0 heterocycles. The van der Waals surface area contributed by atoms with Gasteiger partial charge in [0.15, 0.2) is 0 Å². The molecule has 72 valence electrons. The van der Waals surface area contributed by atoms with Crippen LogP contribution in [0.4, 0.5) is 10.1 Å². The third-order valence-electron chi connectivity index (χ3n) is 1.39. The molecule has 0 aliphatic rings. The van der Waals surface area contributed by atoms with E-state index in [0.717, 1.165) is 4.90 Å². The standard InChI is InChI=1S/C10H14FNS/c1-10(2,3)13-9-6-7(11)4-5-8(9)12/h4-6H,12H2,1-3H3. The second-order valence-corrected chi connectivity index (χ2v) is 5.77. The first kappa shape index (κ1) is 10.4. The minimum atomic E-state index is -0.235. The highest BCUT2D eigenvalue weighted by molar-refractivity contribution is 8.00. The zero-order valence-corrected chi connectivity index (χ0v) is 8.91. The number of nitrogen functional groups attached to an aromatic ring is 1. The molecule has 1 nitrogen and oxygen atoms in total. The fourth-order valence-corrected chi connectivity index (χ4v) is 1.94. The molecule has 0 atom stereocenters. The first-order valence-corrected chi connectivity index (χ1v) is 4.94. The van der Waals surface area contributed by atoms with Gasteiger partial charge in [-0.25, -0.2) is 4.39 Å². The Morgan fingerprint density at radius 1 is 1.31 bits per heavy atom. The summed E-state index contributed by atoms with van der Waals surface area (Å²) in [5.74, 6) is -0.235. The smallest absolute Gasteiger partial charge is 0.124 e. The average molecular weight is 199 g/mol. The maximum absolute atomic E-state index is 12.9. The van der Waals surface area contributed by atoms with E-state index in [4.69, 9.17) is 5.73 Å². The average Bonchev–Trinajstić information content (AvgIpc) is 1.94. The summed E-state index contributed by atoms with van der Waals surface area (Å²) in [7, 11) is 0. The Morgan fingerprint density at radius 2 is 1.92 bits per heavy atom. The van der Waals surface area contributed by atoms with Crippen molar-refractivity contribution in [3.63, 3.8) is 0 Å². The van der Waals surface area contributed by atoms with E-state index >= 15 is 0 Å². The lowest BCUT2D eigenvalue weighted by Gasteiger charge is -2.18. The zero-order valence-electron chi connectivity index (χ0n) is 8.10. The van der Waals surface area contributed by atoms with Crippen molar-refractivity contribution in [2.75, 3.05) is 5.73 Å². The Hall–Kier alpha value is -0.700. The van der Waals surface area contributed by atoms with Gasteiger partial charge in [0.05, 0.1) is 0 Å². The van der Waals surface area contributed by atoms with Gasteiger partial charge >= 0.3 is 0 Å². The van der Waals surface area contributed by atoms with Crippen LogP contribution in [0.5, 0.6) is 0 Å². The minimum Gasteiger partial charge on any atom is -0.398 e. The molecule has 0 unspecified atom stereocenters. The zero-order chi connectivity index (χ0) is 10.1. The van der Waals surface area contributed by atoms with Crippen LogP contribution in [0.25, 0.3) is 0 Å². The van der Waals surface area contributed by atoms with Gasteiger partial charge in [-0.05, 0) is 18.2 Å². The number of halogens is 1. The van der Waals surface area contributed by atoms with Gasteiger partial charge in [0.25, 0.3) is 0 Å². The minimum absolute atomic E-state index is 0.0575. The van der Waals surface area contributed by atoms with Gasteiger partial charge in [0.2, 0.25) is 0 Å². The van der Waals surface area contributed by atoms with Crippen molar-refractivity contribution >= 4 is 17.4 Å². The summed E-state index contributed by atoms with van der Waals surface area (Å²) in [4.78, 5) is 0.813. The van der Waals surface area contributed by atoms with Crippen molar-refractivity contribution in [2.45, 2.75) is 30.4 Å². The van der Waals surface area contributed by atoms with E-state index in [0.29, 0.717) is 5.69 Å². The Kier molecular flexibility index (Phi) is 2.86. The highest BCUT2D eigenvalue weighted by Gasteiger charge is 2.14. The monoisotopic (exact) mass is 199 g/mol. The molecule has 0 spiro atoms. The molecule has 2 N–H and O–H groups in total. The van der Waals surface area contributed by atoms with Crippen LogP contribution in [0.2, 0.25) is 0 Å². The van der Waals surface area contributed by atoms with Crippen LogP contribution in [0.15, 0.2) is 23.1 Å². The Morgan fingerprint density at radius 3 is 2.46 bits per heavy atom. The number of hydrogen-bond acceptors (Lipinski definition) is 2. The fourth-order valence-electron chi connectivity index (χ4n) is 0.926. The molecule has 0 bridgehead atoms. The number of hydrogen-bond donors (Lipinski definition) is 1. The largest absolute Gasteiger partial charge is 0.398 e. The van der Waals surface area contributed by atoms with Crippen molar-refractivity contribution in [1.82, 2.24) is 0 Å². The van der Waals surface area contributed by atoms with Crippen LogP contribution >= 0.6 is 11.8 Å². The van der Waals surface area contributed by atoms with Crippen LogP contribution < -0.4 is 5.73 Å². The normalized spacial score (nSPS) is 11.7. The first-order chi connectivity index (χ1) is 5.88. The lowest BCUT2D eigenvalue weighted by Crippen LogP contribution is -2.07. The molecule has 3 heteroatoms. The van der Waals surface area contributed by atoms with Crippen LogP contribution in [0.1, 0.15) is 20.8 Å². The van der Waals surface area contributed by atoms with Crippen molar-refractivity contribution in [3.8, 4) is 0 Å². The number of nitrogens with two attached hydrogens (primary N) is 1. The van der Waals surface area contributed by atoms with Gasteiger partial charge in [-0.2, -0.15) is 0 Å². The highest BCUT2D eigenvalue weighted by Crippen LogP contribution is 2.35. The summed E-state index contributed by atoms with van der Waals surface area (Å²) in [6.45, 7) is 6.21. The van der Waals surface area contributed by atoms with Gasteiger partial charge in [-0.15, -0.1) is 11.8 Å². The topological polar surface area (TPSA) is 26.0 Å². The van der Waals surface area contributed by atoms with E-state index in [9.17, 15) is 4.39 Å². The molecule has 0 aromatic heterocycles. The van der Waals surface area contributed by atoms with E-state index in [1.165, 1.54) is 12.1 Å². The fraction of sp³-hybridized carbons (Fsp3) is 0.400. The third-order valence-corrected chi connectivity index (χ3v) is 2.58. The second-order valence-electron chi connectivity index (χ2n) is 3.90. The number of anilines is 1. The number of thioether (sulfide) groups is 1. The third kappa shape index (κ3) is 3.27. The lowest BCUT2D eigenvalue weighted by atomic mass is 10.3. The van der Waals surface area contributed by atoms with Gasteiger partial charge in [0, 0.05) is 15.3 Å². The molecule has 1 aromatic rings. The molecule has 0 saturated carbocycles. The quantitative estimate of drug-likeness (QED) is 0.554. The van der Waals surface area contributed by atoms with E-state index in [1.807, 2.05) is 0 Å². The predicted octanol–water partition coefficient (Wildman–Crippen LogP) is 3.30. The molecule has 13 heavy (non-hydrogen) atoms. The molecule has 0 aliphatic heterocycles. The van der Waals surface area contributed by atoms with Gasteiger partial charge < -0.3 is 5.73 Å². The van der Waals surface area contributed by atoms with Crippen molar-refractivity contribution in [3.05, 3.63) is 24.0 Å². The Labute approximate surface area is 82.5 Å². The molecule has 0 radical (unpaired) electrons. The van der Waals surface area contributed by atoms with E-state index in [1.54, 1.807) is 17.8 Å². The van der Waals surface area contributed by atoms with E-state index < -0.39 is 0 Å². The summed E-state index contributed by atoms with van der Waals surface area (Å²) in [6.07, 6.45) is 0. The van der Waals surface area contributed by atoms with Crippen molar-refractivity contribution < 1.29 is 4.39 Å².